The van der Waals surface area contributed by atoms with Gasteiger partial charge in [0.2, 0.25) is 5.91 Å². The monoisotopic (exact) mass is 236 g/mol. The van der Waals surface area contributed by atoms with Crippen LogP contribution in [0.25, 0.3) is 0 Å². The number of nitrogens with zero attached hydrogens (tertiary/aromatic N) is 1. The molecular weight excluding hydrogens is 216 g/mol. The van der Waals surface area contributed by atoms with Crippen LogP contribution < -0.4 is 5.32 Å². The molecule has 1 rings (SSSR count). The van der Waals surface area contributed by atoms with E-state index in [0.29, 0.717) is 19.4 Å². The first kappa shape index (κ1) is 13.6. The SMILES string of the molecule is CCCC(=O)NCC(CO)Cc1ccccn1. The first-order valence-electron chi connectivity index (χ1n) is 6.03. The topological polar surface area (TPSA) is 62.2 Å². The second-order valence-electron chi connectivity index (χ2n) is 4.13. The normalized spacial score (nSPS) is 12.1. The van der Waals surface area contributed by atoms with E-state index in [0.717, 1.165) is 12.1 Å². The fourth-order valence-electron chi connectivity index (χ4n) is 1.59. The summed E-state index contributed by atoms with van der Waals surface area (Å²) < 4.78 is 0. The van der Waals surface area contributed by atoms with Gasteiger partial charge in [0.15, 0.2) is 0 Å². The summed E-state index contributed by atoms with van der Waals surface area (Å²) in [4.78, 5) is 15.5. The molecule has 0 aliphatic carbocycles. The summed E-state index contributed by atoms with van der Waals surface area (Å²) in [6, 6.07) is 5.71. The van der Waals surface area contributed by atoms with Crippen LogP contribution in [0.1, 0.15) is 25.5 Å². The number of aliphatic hydroxyl groups excluding tert-OH is 1. The number of aliphatic hydroxyl groups is 1. The van der Waals surface area contributed by atoms with E-state index in [4.69, 9.17) is 0 Å². The second kappa shape index (κ2) is 7.79. The Morgan fingerprint density at radius 3 is 2.94 bits per heavy atom. The van der Waals surface area contributed by atoms with E-state index in [1.165, 1.54) is 0 Å². The van der Waals surface area contributed by atoms with E-state index >= 15 is 0 Å². The summed E-state index contributed by atoms with van der Waals surface area (Å²) in [6.07, 6.45) is 3.81. The number of carbonyl (C=O) groups is 1. The average molecular weight is 236 g/mol. The van der Waals surface area contributed by atoms with Crippen molar-refractivity contribution in [2.24, 2.45) is 5.92 Å². The molecule has 0 fully saturated rings. The summed E-state index contributed by atoms with van der Waals surface area (Å²) in [5, 5.41) is 12.1. The van der Waals surface area contributed by atoms with Crippen molar-refractivity contribution in [1.82, 2.24) is 10.3 Å². The maximum atomic E-state index is 11.3. The Labute approximate surface area is 102 Å². The Morgan fingerprint density at radius 1 is 1.53 bits per heavy atom. The lowest BCUT2D eigenvalue weighted by atomic mass is 10.0. The van der Waals surface area contributed by atoms with Crippen LogP contribution in [0.5, 0.6) is 0 Å². The number of aromatic nitrogens is 1. The first-order chi connectivity index (χ1) is 8.26. The van der Waals surface area contributed by atoms with Crippen LogP contribution >= 0.6 is 0 Å². The molecule has 4 nitrogen and oxygen atoms in total. The predicted molar refractivity (Wildman–Crippen MR) is 66.4 cm³/mol. The zero-order valence-electron chi connectivity index (χ0n) is 10.2. The summed E-state index contributed by atoms with van der Waals surface area (Å²) >= 11 is 0. The van der Waals surface area contributed by atoms with Crippen molar-refractivity contribution in [3.8, 4) is 0 Å². The van der Waals surface area contributed by atoms with Crippen LogP contribution in [-0.4, -0.2) is 29.1 Å². The van der Waals surface area contributed by atoms with Crippen molar-refractivity contribution in [3.63, 3.8) is 0 Å². The van der Waals surface area contributed by atoms with Gasteiger partial charge in [-0.15, -0.1) is 0 Å². The molecule has 4 heteroatoms. The van der Waals surface area contributed by atoms with Gasteiger partial charge in [0.25, 0.3) is 0 Å². The molecule has 1 amide bonds. The molecule has 0 bridgehead atoms. The van der Waals surface area contributed by atoms with Gasteiger partial charge in [0, 0.05) is 37.4 Å². The molecule has 1 unspecified atom stereocenters. The molecule has 1 atom stereocenters. The maximum Gasteiger partial charge on any atom is 0.219 e. The molecule has 1 aromatic heterocycles. The average Bonchev–Trinajstić information content (AvgIpc) is 2.36. The van der Waals surface area contributed by atoms with E-state index in [1.807, 2.05) is 25.1 Å². The number of hydrogen-bond acceptors (Lipinski definition) is 3. The molecule has 0 aromatic carbocycles. The Morgan fingerprint density at radius 2 is 2.35 bits per heavy atom. The minimum absolute atomic E-state index is 0.0331. The molecule has 0 aliphatic heterocycles. The van der Waals surface area contributed by atoms with E-state index < -0.39 is 0 Å². The van der Waals surface area contributed by atoms with Crippen molar-refractivity contribution in [2.75, 3.05) is 13.2 Å². The Kier molecular flexibility index (Phi) is 6.25. The van der Waals surface area contributed by atoms with Gasteiger partial charge >= 0.3 is 0 Å². The minimum atomic E-state index is 0.0331. The van der Waals surface area contributed by atoms with Gasteiger partial charge in [-0.25, -0.2) is 0 Å². The number of nitrogens with one attached hydrogen (secondary N) is 1. The van der Waals surface area contributed by atoms with Crippen LogP contribution in [0.15, 0.2) is 24.4 Å². The molecular formula is C13H20N2O2. The highest BCUT2D eigenvalue weighted by Crippen LogP contribution is 2.05. The number of pyridine rings is 1. The lowest BCUT2D eigenvalue weighted by molar-refractivity contribution is -0.121. The molecule has 0 aliphatic rings. The molecule has 0 radical (unpaired) electrons. The van der Waals surface area contributed by atoms with E-state index in [2.05, 4.69) is 10.3 Å². The largest absolute Gasteiger partial charge is 0.396 e. The van der Waals surface area contributed by atoms with Gasteiger partial charge in [0.05, 0.1) is 0 Å². The first-order valence-corrected chi connectivity index (χ1v) is 6.03. The zero-order chi connectivity index (χ0) is 12.5. The number of carbonyl (C=O) groups excluding carboxylic acids is 1. The van der Waals surface area contributed by atoms with Crippen LogP contribution in [0.4, 0.5) is 0 Å². The summed E-state index contributed by atoms with van der Waals surface area (Å²) in [5.74, 6) is 0.0812. The summed E-state index contributed by atoms with van der Waals surface area (Å²) in [6.45, 7) is 2.53. The van der Waals surface area contributed by atoms with Gasteiger partial charge in [-0.3, -0.25) is 9.78 Å². The number of amides is 1. The van der Waals surface area contributed by atoms with Crippen LogP contribution in [0.2, 0.25) is 0 Å². The quantitative estimate of drug-likeness (QED) is 0.746. The van der Waals surface area contributed by atoms with Crippen LogP contribution in [0.3, 0.4) is 0 Å². The fraction of sp³-hybridized carbons (Fsp3) is 0.538. The van der Waals surface area contributed by atoms with Gasteiger partial charge in [-0.1, -0.05) is 13.0 Å². The molecule has 94 valence electrons. The van der Waals surface area contributed by atoms with Gasteiger partial charge in [-0.05, 0) is 25.0 Å². The second-order valence-corrected chi connectivity index (χ2v) is 4.13. The van der Waals surface area contributed by atoms with Crippen LogP contribution in [-0.2, 0) is 11.2 Å². The third kappa shape index (κ3) is 5.45. The minimum Gasteiger partial charge on any atom is -0.396 e. The third-order valence-electron chi connectivity index (χ3n) is 2.55. The van der Waals surface area contributed by atoms with Gasteiger partial charge in [-0.2, -0.15) is 0 Å². The van der Waals surface area contributed by atoms with Crippen molar-refractivity contribution in [3.05, 3.63) is 30.1 Å². The van der Waals surface area contributed by atoms with E-state index in [9.17, 15) is 9.90 Å². The molecule has 0 spiro atoms. The predicted octanol–water partition coefficient (Wildman–Crippen LogP) is 1.15. The van der Waals surface area contributed by atoms with Crippen molar-refractivity contribution in [1.29, 1.82) is 0 Å². The van der Waals surface area contributed by atoms with Crippen molar-refractivity contribution in [2.45, 2.75) is 26.2 Å². The Hall–Kier alpha value is -1.42. The van der Waals surface area contributed by atoms with Crippen LogP contribution in [0, 0.1) is 5.92 Å². The molecule has 2 N–H and O–H groups in total. The summed E-state index contributed by atoms with van der Waals surface area (Å²) in [5.41, 5.74) is 0.941. The fourth-order valence-corrected chi connectivity index (χ4v) is 1.59. The maximum absolute atomic E-state index is 11.3. The summed E-state index contributed by atoms with van der Waals surface area (Å²) in [7, 11) is 0. The van der Waals surface area contributed by atoms with Crippen molar-refractivity contribution >= 4 is 5.91 Å². The number of hydrogen-bond donors (Lipinski definition) is 2. The van der Waals surface area contributed by atoms with Gasteiger partial charge in [0.1, 0.15) is 0 Å². The molecule has 1 aromatic rings. The lowest BCUT2D eigenvalue weighted by Gasteiger charge is -2.14. The number of rotatable bonds is 7. The Bertz CT molecular complexity index is 327. The molecule has 0 saturated heterocycles. The molecule has 1 heterocycles. The highest BCUT2D eigenvalue weighted by molar-refractivity contribution is 5.75. The third-order valence-corrected chi connectivity index (χ3v) is 2.55. The Balaban J connectivity index is 2.36. The van der Waals surface area contributed by atoms with E-state index in [1.54, 1.807) is 6.20 Å². The van der Waals surface area contributed by atoms with Gasteiger partial charge < -0.3 is 10.4 Å². The zero-order valence-corrected chi connectivity index (χ0v) is 10.2. The highest BCUT2D eigenvalue weighted by atomic mass is 16.3. The van der Waals surface area contributed by atoms with Crippen molar-refractivity contribution < 1.29 is 9.90 Å². The highest BCUT2D eigenvalue weighted by Gasteiger charge is 2.10. The standard InChI is InChI=1S/C13H20N2O2/c1-2-5-13(17)15-9-11(10-16)8-12-6-3-4-7-14-12/h3-4,6-7,11,16H,2,5,8-10H2,1H3,(H,15,17). The van der Waals surface area contributed by atoms with E-state index in [-0.39, 0.29) is 18.4 Å². The molecule has 17 heavy (non-hydrogen) atoms. The molecule has 0 saturated carbocycles. The lowest BCUT2D eigenvalue weighted by Crippen LogP contribution is -2.31. The smallest absolute Gasteiger partial charge is 0.219 e.